The maximum Gasteiger partial charge on any atom is 0.131 e. The van der Waals surface area contributed by atoms with Gasteiger partial charge in [-0.05, 0) is 24.6 Å². The Labute approximate surface area is 140 Å². The van der Waals surface area contributed by atoms with Crippen molar-refractivity contribution in [2.45, 2.75) is 26.2 Å². The second kappa shape index (κ2) is 7.88. The van der Waals surface area contributed by atoms with Crippen molar-refractivity contribution < 1.29 is 9.84 Å². The average molecular weight is 333 g/mol. The molecule has 1 aliphatic heterocycles. The molecule has 1 aromatic heterocycles. The molecule has 3 rings (SSSR count). The van der Waals surface area contributed by atoms with Crippen molar-refractivity contribution in [2.75, 3.05) is 19.6 Å². The number of nitrogens with one attached hydrogen (secondary N) is 2. The van der Waals surface area contributed by atoms with E-state index >= 15 is 0 Å². The highest BCUT2D eigenvalue weighted by Gasteiger charge is 2.23. The highest BCUT2D eigenvalue weighted by molar-refractivity contribution is 7.09. The number of ether oxygens (including phenoxy) is 1. The quantitative estimate of drug-likeness (QED) is 0.720. The largest absolute Gasteiger partial charge is 0.487 e. The summed E-state index contributed by atoms with van der Waals surface area (Å²) in [6.45, 7) is 5.73. The lowest BCUT2D eigenvalue weighted by molar-refractivity contribution is 0.146. The first-order valence-corrected chi connectivity index (χ1v) is 8.81. The van der Waals surface area contributed by atoms with Crippen molar-refractivity contribution in [1.82, 2.24) is 15.6 Å². The van der Waals surface area contributed by atoms with Gasteiger partial charge in [-0.3, -0.25) is 0 Å². The van der Waals surface area contributed by atoms with Crippen molar-refractivity contribution in [3.63, 3.8) is 0 Å². The molecule has 0 spiro atoms. The third-order valence-electron chi connectivity index (χ3n) is 4.02. The third kappa shape index (κ3) is 4.75. The lowest BCUT2D eigenvalue weighted by atomic mass is 10.1. The van der Waals surface area contributed by atoms with E-state index in [0.717, 1.165) is 36.1 Å². The minimum atomic E-state index is -0.229. The van der Waals surface area contributed by atoms with Gasteiger partial charge in [0.25, 0.3) is 0 Å². The molecule has 2 aromatic rings. The number of β-amino-alcohol motifs (C(OH)–C–C–N with tert-alkyl or cyclic N) is 1. The maximum atomic E-state index is 9.75. The van der Waals surface area contributed by atoms with Crippen molar-refractivity contribution in [1.29, 1.82) is 0 Å². The Morgan fingerprint density at radius 2 is 2.17 bits per heavy atom. The van der Waals surface area contributed by atoms with Crippen LogP contribution in [0.3, 0.4) is 0 Å². The van der Waals surface area contributed by atoms with Gasteiger partial charge in [0.1, 0.15) is 12.4 Å². The molecule has 0 saturated carbocycles. The summed E-state index contributed by atoms with van der Waals surface area (Å²) in [7, 11) is 0. The summed E-state index contributed by atoms with van der Waals surface area (Å²) in [5.74, 6) is 1.16. The number of aliphatic hydroxyl groups excluding tert-OH is 1. The maximum absolute atomic E-state index is 9.75. The molecule has 1 aromatic carbocycles. The van der Waals surface area contributed by atoms with E-state index < -0.39 is 0 Å². The van der Waals surface area contributed by atoms with Gasteiger partial charge in [0, 0.05) is 37.5 Å². The lowest BCUT2D eigenvalue weighted by Gasteiger charge is -2.14. The normalized spacial score (nSPS) is 20.8. The van der Waals surface area contributed by atoms with E-state index in [9.17, 15) is 5.11 Å². The van der Waals surface area contributed by atoms with E-state index in [1.807, 2.05) is 24.4 Å². The van der Waals surface area contributed by atoms with Gasteiger partial charge in [0.15, 0.2) is 0 Å². The van der Waals surface area contributed by atoms with Gasteiger partial charge < -0.3 is 20.5 Å². The summed E-state index contributed by atoms with van der Waals surface area (Å²) in [6, 6.07) is 8.11. The van der Waals surface area contributed by atoms with Gasteiger partial charge in [-0.2, -0.15) is 0 Å². The zero-order valence-electron chi connectivity index (χ0n) is 13.3. The Bertz CT molecular complexity index is 615. The molecule has 0 radical (unpaired) electrons. The smallest absolute Gasteiger partial charge is 0.131 e. The van der Waals surface area contributed by atoms with Gasteiger partial charge in [-0.25, -0.2) is 4.98 Å². The molecule has 5 nitrogen and oxygen atoms in total. The van der Waals surface area contributed by atoms with Crippen molar-refractivity contribution in [3.8, 4) is 5.75 Å². The number of aromatic nitrogens is 1. The van der Waals surface area contributed by atoms with E-state index in [4.69, 9.17) is 4.74 Å². The van der Waals surface area contributed by atoms with E-state index in [1.165, 1.54) is 5.56 Å². The van der Waals surface area contributed by atoms with Crippen molar-refractivity contribution in [2.24, 2.45) is 5.92 Å². The fraction of sp³-hybridized carbons (Fsp3) is 0.471. The van der Waals surface area contributed by atoms with Crippen LogP contribution in [0, 0.1) is 12.8 Å². The number of hydrogen-bond donors (Lipinski definition) is 3. The zero-order chi connectivity index (χ0) is 16.1. The molecule has 3 N–H and O–H groups in total. The molecule has 6 heteroatoms. The molecule has 1 aliphatic rings. The van der Waals surface area contributed by atoms with Crippen molar-refractivity contribution in [3.05, 3.63) is 45.9 Å². The molecule has 0 bridgehead atoms. The Hall–Kier alpha value is -1.47. The van der Waals surface area contributed by atoms with Crippen LogP contribution in [0.25, 0.3) is 0 Å². The number of hydrogen-bond acceptors (Lipinski definition) is 6. The molecule has 124 valence electrons. The van der Waals surface area contributed by atoms with Crippen LogP contribution in [0.2, 0.25) is 0 Å². The molecule has 0 aliphatic carbocycles. The molecule has 2 heterocycles. The zero-order valence-corrected chi connectivity index (χ0v) is 14.1. The van der Waals surface area contributed by atoms with Gasteiger partial charge >= 0.3 is 0 Å². The van der Waals surface area contributed by atoms with E-state index in [0.29, 0.717) is 19.1 Å². The van der Waals surface area contributed by atoms with Crippen LogP contribution in [0.15, 0.2) is 29.6 Å². The number of aryl methyl sites for hydroxylation is 1. The number of rotatable bonds is 7. The van der Waals surface area contributed by atoms with Crippen LogP contribution in [-0.2, 0) is 13.2 Å². The van der Waals surface area contributed by atoms with Crippen LogP contribution >= 0.6 is 11.3 Å². The first-order valence-electron chi connectivity index (χ1n) is 7.93. The standard InChI is InChI=1S/C17H23N3O2S/c1-12-20-15(11-23-12)10-22-16-4-2-13(3-5-16)6-18-7-14-8-19-9-17(14)21/h2-5,11,14,17-19,21H,6-10H2,1H3. The minimum Gasteiger partial charge on any atom is -0.487 e. The monoisotopic (exact) mass is 333 g/mol. The third-order valence-corrected chi connectivity index (χ3v) is 4.84. The van der Waals surface area contributed by atoms with E-state index in [-0.39, 0.29) is 6.10 Å². The summed E-state index contributed by atoms with van der Waals surface area (Å²) < 4.78 is 5.74. The van der Waals surface area contributed by atoms with Gasteiger partial charge in [-0.1, -0.05) is 12.1 Å². The van der Waals surface area contributed by atoms with Crippen molar-refractivity contribution >= 4 is 11.3 Å². The number of nitrogens with zero attached hydrogens (tertiary/aromatic N) is 1. The highest BCUT2D eigenvalue weighted by Crippen LogP contribution is 2.15. The van der Waals surface area contributed by atoms with Crippen LogP contribution in [-0.4, -0.2) is 35.8 Å². The summed E-state index contributed by atoms with van der Waals surface area (Å²) in [6.07, 6.45) is -0.229. The fourth-order valence-electron chi connectivity index (χ4n) is 2.66. The molecule has 0 amide bonds. The Morgan fingerprint density at radius 1 is 1.35 bits per heavy atom. The Balaban J connectivity index is 1.41. The number of thiazole rings is 1. The Morgan fingerprint density at radius 3 is 2.83 bits per heavy atom. The van der Waals surface area contributed by atoms with Crippen LogP contribution in [0.4, 0.5) is 0 Å². The average Bonchev–Trinajstić information content (AvgIpc) is 3.15. The van der Waals surface area contributed by atoms with Crippen LogP contribution in [0.1, 0.15) is 16.3 Å². The molecule has 1 fully saturated rings. The second-order valence-corrected chi connectivity index (χ2v) is 6.97. The predicted octanol–water partition coefficient (Wildman–Crippen LogP) is 1.70. The Kier molecular flexibility index (Phi) is 5.61. The minimum absolute atomic E-state index is 0.229. The molecule has 2 unspecified atom stereocenters. The van der Waals surface area contributed by atoms with Gasteiger partial charge in [0.2, 0.25) is 0 Å². The summed E-state index contributed by atoms with van der Waals surface area (Å²) in [5.41, 5.74) is 2.18. The molecule has 2 atom stereocenters. The molecule has 23 heavy (non-hydrogen) atoms. The summed E-state index contributed by atoms with van der Waals surface area (Å²) in [5, 5.41) is 19.4. The second-order valence-electron chi connectivity index (χ2n) is 5.91. The first-order chi connectivity index (χ1) is 11.2. The van der Waals surface area contributed by atoms with Gasteiger partial charge in [-0.15, -0.1) is 11.3 Å². The number of benzene rings is 1. The van der Waals surface area contributed by atoms with E-state index in [1.54, 1.807) is 11.3 Å². The summed E-state index contributed by atoms with van der Waals surface area (Å²) in [4.78, 5) is 4.39. The first kappa shape index (κ1) is 16.4. The number of aliphatic hydroxyl groups is 1. The van der Waals surface area contributed by atoms with Crippen LogP contribution in [0.5, 0.6) is 5.75 Å². The van der Waals surface area contributed by atoms with E-state index in [2.05, 4.69) is 27.8 Å². The van der Waals surface area contributed by atoms with Crippen LogP contribution < -0.4 is 15.4 Å². The lowest BCUT2D eigenvalue weighted by Crippen LogP contribution is -2.30. The predicted molar refractivity (Wildman–Crippen MR) is 91.7 cm³/mol. The SMILES string of the molecule is Cc1nc(COc2ccc(CNCC3CNCC3O)cc2)cs1. The topological polar surface area (TPSA) is 66.4 Å². The molecular formula is C17H23N3O2S. The summed E-state index contributed by atoms with van der Waals surface area (Å²) >= 11 is 1.64. The highest BCUT2D eigenvalue weighted by atomic mass is 32.1. The molecule has 1 saturated heterocycles. The fourth-order valence-corrected chi connectivity index (χ4v) is 3.26. The molecular weight excluding hydrogens is 310 g/mol. The van der Waals surface area contributed by atoms with Gasteiger partial charge in [0.05, 0.1) is 16.8 Å².